The van der Waals surface area contributed by atoms with E-state index in [0.717, 1.165) is 18.0 Å². The molecule has 0 saturated heterocycles. The monoisotopic (exact) mass is 205 g/mol. The van der Waals surface area contributed by atoms with E-state index in [0.29, 0.717) is 13.2 Å². The lowest BCUT2D eigenvalue weighted by molar-refractivity contribution is 0.328. The lowest BCUT2D eigenvalue weighted by Crippen LogP contribution is -2.22. The van der Waals surface area contributed by atoms with Crippen molar-refractivity contribution in [1.82, 2.24) is 0 Å². The highest BCUT2D eigenvalue weighted by atomic mass is 16.5. The first-order valence-corrected chi connectivity index (χ1v) is 4.99. The molecule has 0 fully saturated rings. The summed E-state index contributed by atoms with van der Waals surface area (Å²) in [7, 11) is 2.02. The number of fused-ring (bicyclic) bond motifs is 1. The van der Waals surface area contributed by atoms with Crippen LogP contribution >= 0.6 is 0 Å². The summed E-state index contributed by atoms with van der Waals surface area (Å²) in [5.41, 5.74) is 7.66. The average Bonchev–Trinajstić information content (AvgIpc) is 2.26. The van der Waals surface area contributed by atoms with Gasteiger partial charge in [-0.05, 0) is 18.2 Å². The van der Waals surface area contributed by atoms with Crippen LogP contribution in [0.2, 0.25) is 0 Å². The van der Waals surface area contributed by atoms with Gasteiger partial charge in [-0.3, -0.25) is 4.99 Å². The molecule has 1 heterocycles. The first-order chi connectivity index (χ1) is 7.31. The number of benzene rings is 1. The second-order valence-electron chi connectivity index (χ2n) is 3.51. The minimum atomic E-state index is 0.533. The molecule has 80 valence electrons. The SMILES string of the molecule is CN1CN=Cc2cc(OCCN)ccc21. The van der Waals surface area contributed by atoms with Gasteiger partial charge in [-0.2, -0.15) is 0 Å². The number of nitrogens with two attached hydrogens (primary N) is 1. The molecule has 1 aromatic carbocycles. The van der Waals surface area contributed by atoms with Crippen LogP contribution in [-0.2, 0) is 0 Å². The standard InChI is InChI=1S/C11H15N3O/c1-14-8-13-7-9-6-10(15-5-4-12)2-3-11(9)14/h2-3,6-7H,4-5,8,12H2,1H3. The summed E-state index contributed by atoms with van der Waals surface area (Å²) in [4.78, 5) is 6.34. The van der Waals surface area contributed by atoms with Gasteiger partial charge in [0.2, 0.25) is 0 Å². The van der Waals surface area contributed by atoms with E-state index in [4.69, 9.17) is 10.5 Å². The van der Waals surface area contributed by atoms with Gasteiger partial charge >= 0.3 is 0 Å². The van der Waals surface area contributed by atoms with Crippen molar-refractivity contribution in [2.45, 2.75) is 0 Å². The van der Waals surface area contributed by atoms with Gasteiger partial charge < -0.3 is 15.4 Å². The molecule has 2 rings (SSSR count). The number of hydrogen-bond acceptors (Lipinski definition) is 4. The smallest absolute Gasteiger partial charge is 0.120 e. The Labute approximate surface area is 89.4 Å². The second kappa shape index (κ2) is 4.31. The van der Waals surface area contributed by atoms with Crippen molar-refractivity contribution in [2.24, 2.45) is 10.7 Å². The van der Waals surface area contributed by atoms with Gasteiger partial charge in [-0.1, -0.05) is 0 Å². The summed E-state index contributed by atoms with van der Waals surface area (Å²) in [5, 5.41) is 0. The van der Waals surface area contributed by atoms with Gasteiger partial charge in [0.15, 0.2) is 0 Å². The highest BCUT2D eigenvalue weighted by Gasteiger charge is 2.10. The summed E-state index contributed by atoms with van der Waals surface area (Å²) < 4.78 is 5.45. The molecule has 0 unspecified atom stereocenters. The predicted molar refractivity (Wildman–Crippen MR) is 61.9 cm³/mol. The Morgan fingerprint density at radius 1 is 1.53 bits per heavy atom. The van der Waals surface area contributed by atoms with E-state index in [9.17, 15) is 0 Å². The summed E-state index contributed by atoms with van der Waals surface area (Å²) in [6, 6.07) is 6.00. The molecule has 0 radical (unpaired) electrons. The van der Waals surface area contributed by atoms with Gasteiger partial charge in [0, 0.05) is 31.1 Å². The van der Waals surface area contributed by atoms with Gasteiger partial charge in [0.25, 0.3) is 0 Å². The van der Waals surface area contributed by atoms with Crippen LogP contribution in [0, 0.1) is 0 Å². The van der Waals surface area contributed by atoms with Gasteiger partial charge in [-0.25, -0.2) is 0 Å². The Morgan fingerprint density at radius 3 is 3.20 bits per heavy atom. The molecule has 0 bridgehead atoms. The van der Waals surface area contributed by atoms with Crippen molar-refractivity contribution in [1.29, 1.82) is 0 Å². The third-order valence-corrected chi connectivity index (χ3v) is 2.32. The molecule has 1 aliphatic rings. The maximum Gasteiger partial charge on any atom is 0.120 e. The fourth-order valence-corrected chi connectivity index (χ4v) is 1.59. The summed E-state index contributed by atoms with van der Waals surface area (Å²) in [5.74, 6) is 0.848. The Morgan fingerprint density at radius 2 is 2.40 bits per heavy atom. The number of hydrogen-bond donors (Lipinski definition) is 1. The zero-order valence-electron chi connectivity index (χ0n) is 8.81. The van der Waals surface area contributed by atoms with Crippen LogP contribution in [0.25, 0.3) is 0 Å². The van der Waals surface area contributed by atoms with Crippen molar-refractivity contribution < 1.29 is 4.74 Å². The van der Waals surface area contributed by atoms with E-state index in [1.165, 1.54) is 5.69 Å². The van der Waals surface area contributed by atoms with Crippen LogP contribution in [0.3, 0.4) is 0 Å². The predicted octanol–water partition coefficient (Wildman–Crippen LogP) is 0.850. The fourth-order valence-electron chi connectivity index (χ4n) is 1.59. The second-order valence-corrected chi connectivity index (χ2v) is 3.51. The van der Waals surface area contributed by atoms with E-state index in [1.807, 2.05) is 31.5 Å². The molecule has 0 atom stereocenters. The summed E-state index contributed by atoms with van der Waals surface area (Å²) in [6.07, 6.45) is 1.88. The first-order valence-electron chi connectivity index (χ1n) is 4.99. The van der Waals surface area contributed by atoms with E-state index < -0.39 is 0 Å². The first kappa shape index (κ1) is 9.98. The average molecular weight is 205 g/mol. The van der Waals surface area contributed by atoms with Crippen LogP contribution in [0.15, 0.2) is 23.2 Å². The zero-order chi connectivity index (χ0) is 10.7. The highest BCUT2D eigenvalue weighted by molar-refractivity contribution is 5.90. The normalized spacial score (nSPS) is 13.9. The Kier molecular flexibility index (Phi) is 2.87. The summed E-state index contributed by atoms with van der Waals surface area (Å²) >= 11 is 0. The quantitative estimate of drug-likeness (QED) is 0.796. The number of ether oxygens (including phenoxy) is 1. The lowest BCUT2D eigenvalue weighted by Gasteiger charge is -2.23. The summed E-state index contributed by atoms with van der Waals surface area (Å²) in [6.45, 7) is 1.80. The molecule has 4 heteroatoms. The maximum atomic E-state index is 5.45. The number of nitrogens with zero attached hydrogens (tertiary/aromatic N) is 2. The molecule has 4 nitrogen and oxygen atoms in total. The molecule has 1 aromatic rings. The van der Waals surface area contributed by atoms with E-state index in [-0.39, 0.29) is 0 Å². The number of rotatable bonds is 3. The van der Waals surface area contributed by atoms with E-state index in [2.05, 4.69) is 9.89 Å². The van der Waals surface area contributed by atoms with E-state index >= 15 is 0 Å². The van der Waals surface area contributed by atoms with Crippen molar-refractivity contribution in [3.63, 3.8) is 0 Å². The topological polar surface area (TPSA) is 50.8 Å². The Bertz CT molecular complexity index is 376. The molecule has 0 aromatic heterocycles. The molecule has 15 heavy (non-hydrogen) atoms. The number of aliphatic imine (C=N–C) groups is 1. The molecule has 1 aliphatic heterocycles. The van der Waals surface area contributed by atoms with Crippen molar-refractivity contribution in [3.8, 4) is 5.75 Å². The van der Waals surface area contributed by atoms with Crippen molar-refractivity contribution >= 4 is 11.9 Å². The zero-order valence-corrected chi connectivity index (χ0v) is 8.81. The highest BCUT2D eigenvalue weighted by Crippen LogP contribution is 2.25. The molecule has 0 spiro atoms. The van der Waals surface area contributed by atoms with E-state index in [1.54, 1.807) is 0 Å². The van der Waals surface area contributed by atoms with Gasteiger partial charge in [-0.15, -0.1) is 0 Å². The molecule has 0 amide bonds. The molecular formula is C11H15N3O. The van der Waals surface area contributed by atoms with Crippen LogP contribution in [0.5, 0.6) is 5.75 Å². The molecule has 2 N–H and O–H groups in total. The number of anilines is 1. The fraction of sp³-hybridized carbons (Fsp3) is 0.364. The minimum absolute atomic E-state index is 0.533. The Hall–Kier alpha value is -1.55. The lowest BCUT2D eigenvalue weighted by atomic mass is 10.1. The van der Waals surface area contributed by atoms with Crippen molar-refractivity contribution in [2.75, 3.05) is 31.8 Å². The molecular weight excluding hydrogens is 190 g/mol. The third-order valence-electron chi connectivity index (χ3n) is 2.32. The van der Waals surface area contributed by atoms with Crippen LogP contribution in [0.1, 0.15) is 5.56 Å². The van der Waals surface area contributed by atoms with Crippen LogP contribution in [0.4, 0.5) is 5.69 Å². The van der Waals surface area contributed by atoms with Crippen LogP contribution in [-0.4, -0.2) is 33.1 Å². The minimum Gasteiger partial charge on any atom is -0.492 e. The Balaban J connectivity index is 2.23. The van der Waals surface area contributed by atoms with Gasteiger partial charge in [0.05, 0.1) is 0 Å². The van der Waals surface area contributed by atoms with Crippen molar-refractivity contribution in [3.05, 3.63) is 23.8 Å². The van der Waals surface area contributed by atoms with Gasteiger partial charge in [0.1, 0.15) is 19.0 Å². The maximum absolute atomic E-state index is 5.45. The third kappa shape index (κ3) is 2.10. The largest absolute Gasteiger partial charge is 0.492 e. The molecule has 0 aliphatic carbocycles. The molecule has 0 saturated carbocycles. The van der Waals surface area contributed by atoms with Crippen LogP contribution < -0.4 is 15.4 Å².